The van der Waals surface area contributed by atoms with Gasteiger partial charge in [-0.15, -0.1) is 0 Å². The quantitative estimate of drug-likeness (QED) is 0.216. The van der Waals surface area contributed by atoms with E-state index in [1.54, 1.807) is 48.7 Å². The summed E-state index contributed by atoms with van der Waals surface area (Å²) < 4.78 is 33.1. The van der Waals surface area contributed by atoms with Gasteiger partial charge < -0.3 is 15.0 Å². The van der Waals surface area contributed by atoms with Gasteiger partial charge in [-0.25, -0.2) is 13.1 Å². The number of hydrogen-bond acceptors (Lipinski definition) is 6. The lowest BCUT2D eigenvalue weighted by Crippen LogP contribution is -2.43. The first kappa shape index (κ1) is 30.9. The van der Waals surface area contributed by atoms with Crippen LogP contribution >= 0.6 is 0 Å². The van der Waals surface area contributed by atoms with Gasteiger partial charge in [0.05, 0.1) is 12.0 Å². The van der Waals surface area contributed by atoms with Crippen molar-refractivity contribution in [2.45, 2.75) is 55.8 Å². The van der Waals surface area contributed by atoms with E-state index in [0.29, 0.717) is 24.3 Å². The fourth-order valence-electron chi connectivity index (χ4n) is 4.86. The van der Waals surface area contributed by atoms with Gasteiger partial charge in [0.15, 0.2) is 0 Å². The van der Waals surface area contributed by atoms with Crippen LogP contribution in [-0.4, -0.2) is 43.3 Å². The molecule has 2 N–H and O–H groups in total. The predicted octanol–water partition coefficient (Wildman–Crippen LogP) is 4.55. The SMILES string of the molecule is COc1ccc(CN(C(=O)CCc2ccc(S(=O)(=O)NC3CC3)cc2)[C@@H](C(=O)NCc2ccncc2)c2ccccc2)cc1. The Kier molecular flexibility index (Phi) is 10.0. The van der Waals surface area contributed by atoms with Crippen LogP contribution in [0.1, 0.15) is 47.6 Å². The van der Waals surface area contributed by atoms with Crippen molar-refractivity contribution in [3.05, 3.63) is 126 Å². The molecule has 0 unspecified atom stereocenters. The first-order valence-corrected chi connectivity index (χ1v) is 16.1. The number of sulfonamides is 1. The van der Waals surface area contributed by atoms with Crippen molar-refractivity contribution < 1.29 is 22.7 Å². The van der Waals surface area contributed by atoms with Crippen LogP contribution in [0.4, 0.5) is 0 Å². The van der Waals surface area contributed by atoms with Crippen molar-refractivity contribution in [1.82, 2.24) is 19.9 Å². The van der Waals surface area contributed by atoms with E-state index in [2.05, 4.69) is 15.0 Å². The third-order valence-corrected chi connectivity index (χ3v) is 9.02. The van der Waals surface area contributed by atoms with Crippen LogP contribution in [0.3, 0.4) is 0 Å². The third-order valence-electron chi connectivity index (χ3n) is 7.48. The lowest BCUT2D eigenvalue weighted by Gasteiger charge is -2.32. The molecule has 0 saturated heterocycles. The summed E-state index contributed by atoms with van der Waals surface area (Å²) in [6, 6.07) is 26.1. The zero-order valence-electron chi connectivity index (χ0n) is 24.6. The number of aryl methyl sites for hydroxylation is 1. The number of amides is 2. The fourth-order valence-corrected chi connectivity index (χ4v) is 6.17. The molecular weight excluding hydrogens is 576 g/mol. The van der Waals surface area contributed by atoms with Crippen molar-refractivity contribution >= 4 is 21.8 Å². The zero-order chi connectivity index (χ0) is 30.9. The lowest BCUT2D eigenvalue weighted by atomic mass is 10.0. The first-order valence-electron chi connectivity index (χ1n) is 14.6. The van der Waals surface area contributed by atoms with Gasteiger partial charge in [-0.1, -0.05) is 54.6 Å². The van der Waals surface area contributed by atoms with Crippen LogP contribution in [0.5, 0.6) is 5.75 Å². The molecule has 5 rings (SSSR count). The number of carbonyl (C=O) groups is 2. The smallest absolute Gasteiger partial charge is 0.247 e. The molecule has 44 heavy (non-hydrogen) atoms. The van der Waals surface area contributed by atoms with E-state index in [1.807, 2.05) is 66.7 Å². The van der Waals surface area contributed by atoms with Gasteiger partial charge in [0, 0.05) is 37.9 Å². The number of carbonyl (C=O) groups excluding carboxylic acids is 2. The molecule has 2 amide bonds. The summed E-state index contributed by atoms with van der Waals surface area (Å²) in [5, 5.41) is 3.01. The highest BCUT2D eigenvalue weighted by molar-refractivity contribution is 7.89. The van der Waals surface area contributed by atoms with E-state index in [9.17, 15) is 18.0 Å². The van der Waals surface area contributed by atoms with Crippen LogP contribution in [0.15, 0.2) is 108 Å². The van der Waals surface area contributed by atoms with Crippen molar-refractivity contribution in [2.75, 3.05) is 7.11 Å². The van der Waals surface area contributed by atoms with Gasteiger partial charge in [0.1, 0.15) is 11.8 Å². The largest absolute Gasteiger partial charge is 0.497 e. The lowest BCUT2D eigenvalue weighted by molar-refractivity contribution is -0.141. The second-order valence-electron chi connectivity index (χ2n) is 10.8. The van der Waals surface area contributed by atoms with Crippen molar-refractivity contribution in [3.63, 3.8) is 0 Å². The number of ether oxygens (including phenoxy) is 1. The van der Waals surface area contributed by atoms with Crippen LogP contribution < -0.4 is 14.8 Å². The standard InChI is InChI=1S/C34H36N4O5S/c1-43-30-14-7-27(8-15-30)24-38(32(39)18-11-25-9-16-31(17-10-25)44(41,42)37-29-12-13-29)33(28-5-3-2-4-6-28)34(40)36-23-26-19-21-35-22-20-26/h2-10,14-17,19-22,29,33,37H,11-13,18,23-24H2,1H3,(H,36,40)/t33-/m1/s1. The fraction of sp³-hybridized carbons (Fsp3) is 0.265. The molecule has 3 aromatic carbocycles. The molecular formula is C34H36N4O5S. The summed E-state index contributed by atoms with van der Waals surface area (Å²) in [6.45, 7) is 0.495. The van der Waals surface area contributed by atoms with Gasteiger partial charge in [0.25, 0.3) is 0 Å². The third kappa shape index (κ3) is 8.30. The summed E-state index contributed by atoms with van der Waals surface area (Å²) in [6.07, 6.45) is 5.57. The van der Waals surface area contributed by atoms with Crippen molar-refractivity contribution in [1.29, 1.82) is 0 Å². The molecule has 1 aromatic heterocycles. The maximum Gasteiger partial charge on any atom is 0.247 e. The minimum atomic E-state index is -3.56. The highest BCUT2D eigenvalue weighted by atomic mass is 32.2. The predicted molar refractivity (Wildman–Crippen MR) is 167 cm³/mol. The van der Waals surface area contributed by atoms with E-state index < -0.39 is 16.1 Å². The maximum absolute atomic E-state index is 14.0. The van der Waals surface area contributed by atoms with Crippen molar-refractivity contribution in [2.24, 2.45) is 0 Å². The van der Waals surface area contributed by atoms with Crippen LogP contribution in [0, 0.1) is 0 Å². The average Bonchev–Trinajstić information content (AvgIpc) is 3.87. The number of aromatic nitrogens is 1. The molecule has 0 spiro atoms. The molecule has 1 saturated carbocycles. The monoisotopic (exact) mass is 612 g/mol. The molecule has 1 atom stereocenters. The first-order chi connectivity index (χ1) is 21.3. The summed E-state index contributed by atoms with van der Waals surface area (Å²) in [7, 11) is -1.96. The molecule has 4 aromatic rings. The maximum atomic E-state index is 14.0. The van der Waals surface area contributed by atoms with Gasteiger partial charge in [-0.3, -0.25) is 14.6 Å². The van der Waals surface area contributed by atoms with Crippen molar-refractivity contribution in [3.8, 4) is 5.75 Å². The van der Waals surface area contributed by atoms with E-state index in [4.69, 9.17) is 4.74 Å². The van der Waals surface area contributed by atoms with Crippen LogP contribution in [0.2, 0.25) is 0 Å². The second-order valence-corrected chi connectivity index (χ2v) is 12.5. The number of rotatable bonds is 14. The molecule has 1 fully saturated rings. The Balaban J connectivity index is 1.37. The molecule has 0 aliphatic heterocycles. The van der Waals surface area contributed by atoms with Gasteiger partial charge in [0.2, 0.25) is 21.8 Å². The number of benzene rings is 3. The summed E-state index contributed by atoms with van der Waals surface area (Å²) >= 11 is 0. The number of nitrogens with zero attached hydrogens (tertiary/aromatic N) is 2. The highest BCUT2D eigenvalue weighted by Gasteiger charge is 2.31. The molecule has 9 nitrogen and oxygen atoms in total. The second kappa shape index (κ2) is 14.3. The zero-order valence-corrected chi connectivity index (χ0v) is 25.4. The number of nitrogens with one attached hydrogen (secondary N) is 2. The molecule has 0 bridgehead atoms. The minimum absolute atomic E-state index is 0.0217. The summed E-state index contributed by atoms with van der Waals surface area (Å²) in [5.41, 5.74) is 3.26. The van der Waals surface area contributed by atoms with Gasteiger partial charge >= 0.3 is 0 Å². The molecule has 228 valence electrons. The highest BCUT2D eigenvalue weighted by Crippen LogP contribution is 2.27. The Bertz CT molecular complexity index is 1640. The van der Waals surface area contributed by atoms with E-state index in [0.717, 1.165) is 29.5 Å². The molecule has 0 radical (unpaired) electrons. The Labute approximate surface area is 258 Å². The molecule has 1 heterocycles. The molecule has 1 aliphatic carbocycles. The Morgan fingerprint density at radius 1 is 0.886 bits per heavy atom. The average molecular weight is 613 g/mol. The number of hydrogen-bond donors (Lipinski definition) is 2. The van der Waals surface area contributed by atoms with Crippen LogP contribution in [-0.2, 0) is 39.1 Å². The molecule has 1 aliphatic rings. The van der Waals surface area contributed by atoms with Crippen LogP contribution in [0.25, 0.3) is 0 Å². The Morgan fingerprint density at radius 2 is 1.55 bits per heavy atom. The normalized spacial score (nSPS) is 13.6. The Morgan fingerprint density at radius 3 is 2.18 bits per heavy atom. The molecule has 10 heteroatoms. The topological polar surface area (TPSA) is 118 Å². The van der Waals surface area contributed by atoms with Gasteiger partial charge in [-0.05, 0) is 77.9 Å². The summed E-state index contributed by atoms with van der Waals surface area (Å²) in [5.74, 6) is 0.188. The van der Waals surface area contributed by atoms with E-state index in [-0.39, 0.29) is 35.7 Å². The number of pyridine rings is 1. The van der Waals surface area contributed by atoms with E-state index >= 15 is 0 Å². The number of methoxy groups -OCH3 is 1. The summed E-state index contributed by atoms with van der Waals surface area (Å²) in [4.78, 5) is 33.7. The van der Waals surface area contributed by atoms with E-state index in [1.165, 1.54) is 0 Å². The van der Waals surface area contributed by atoms with Gasteiger partial charge in [-0.2, -0.15) is 0 Å². The Hall–Kier alpha value is -4.54. The minimum Gasteiger partial charge on any atom is -0.497 e.